The molecule has 2 N–H and O–H groups in total. The lowest BCUT2D eigenvalue weighted by atomic mass is 10.2. The highest BCUT2D eigenvalue weighted by Gasteiger charge is 2.20. The molecule has 2 nitrogen and oxygen atoms in total. The van der Waals surface area contributed by atoms with Crippen LogP contribution in [0, 0.1) is 0 Å². The van der Waals surface area contributed by atoms with Crippen LogP contribution in [-0.2, 0) is 0 Å². The monoisotopic (exact) mass is 386 g/mol. The molecule has 0 bridgehead atoms. The number of thioether (sulfide) groups is 2. The van der Waals surface area contributed by atoms with Crippen LogP contribution in [0.4, 0.5) is 0 Å². The summed E-state index contributed by atoms with van der Waals surface area (Å²) in [5, 5.41) is 7.32. The minimum absolute atomic E-state index is 0.389. The van der Waals surface area contributed by atoms with Gasteiger partial charge >= 0.3 is 0 Å². The summed E-state index contributed by atoms with van der Waals surface area (Å²) in [7, 11) is 0. The molecule has 0 amide bonds. The van der Waals surface area contributed by atoms with Crippen molar-refractivity contribution >= 4 is 56.4 Å². The van der Waals surface area contributed by atoms with E-state index in [4.69, 9.17) is 24.4 Å². The summed E-state index contributed by atoms with van der Waals surface area (Å²) in [6, 6.07) is 0.389. The average molecular weight is 387 g/mol. The first-order chi connectivity index (χ1) is 11.1. The second-order valence-electron chi connectivity index (χ2n) is 6.03. The van der Waals surface area contributed by atoms with Crippen molar-refractivity contribution < 1.29 is 0 Å². The van der Waals surface area contributed by atoms with Crippen LogP contribution in [0.2, 0.25) is 0 Å². The summed E-state index contributed by atoms with van der Waals surface area (Å²) >= 11 is 14.3. The van der Waals surface area contributed by atoms with Gasteiger partial charge in [0.25, 0.3) is 0 Å². The molecular weight excluding hydrogens is 360 g/mol. The first-order valence-corrected chi connectivity index (χ1v) is 11.4. The maximum atomic E-state index is 5.48. The molecule has 23 heavy (non-hydrogen) atoms. The second kappa shape index (κ2) is 9.44. The third-order valence-corrected chi connectivity index (χ3v) is 7.07. The maximum Gasteiger partial charge on any atom is 0.0752 e. The molecule has 0 radical (unpaired) electrons. The van der Waals surface area contributed by atoms with Crippen LogP contribution in [0.15, 0.2) is 22.5 Å². The summed E-state index contributed by atoms with van der Waals surface area (Å²) in [6.45, 7) is 3.17. The number of thiocarbonyl (C=S) groups is 2. The molecule has 6 heteroatoms. The van der Waals surface area contributed by atoms with E-state index >= 15 is 0 Å². The van der Waals surface area contributed by atoms with Gasteiger partial charge in [-0.2, -0.15) is 0 Å². The van der Waals surface area contributed by atoms with Crippen molar-refractivity contribution in [2.24, 2.45) is 0 Å². The molecule has 2 aliphatic carbocycles. The molecule has 0 aromatic heterocycles. The molecule has 0 aromatic rings. The lowest BCUT2D eigenvalue weighted by Gasteiger charge is -2.20. The largest absolute Gasteiger partial charge is 0.386 e. The molecule has 0 saturated heterocycles. The van der Waals surface area contributed by atoms with Crippen LogP contribution in [0.1, 0.15) is 45.4 Å². The topological polar surface area (TPSA) is 24.1 Å². The fourth-order valence-corrected chi connectivity index (χ4v) is 4.56. The Bertz CT molecular complexity index is 537. The van der Waals surface area contributed by atoms with E-state index in [1.165, 1.54) is 35.4 Å². The van der Waals surface area contributed by atoms with Gasteiger partial charge in [0.2, 0.25) is 0 Å². The maximum absolute atomic E-state index is 5.48. The number of allylic oxidation sites excluding steroid dienone is 2. The molecule has 0 aromatic carbocycles. The van der Waals surface area contributed by atoms with E-state index in [1.807, 2.05) is 0 Å². The first kappa shape index (κ1) is 19.3. The Morgan fingerprint density at radius 2 is 1.48 bits per heavy atom. The van der Waals surface area contributed by atoms with Crippen molar-refractivity contribution in [3.63, 3.8) is 0 Å². The van der Waals surface area contributed by atoms with E-state index in [-0.39, 0.29) is 0 Å². The molecule has 2 aliphatic rings. The summed E-state index contributed by atoms with van der Waals surface area (Å²) in [6.07, 6.45) is 11.1. The molecule has 1 atom stereocenters. The standard InChI is InChI=1S/C17H26N2S4/c1-11(19-15-9-5-7-13(15)17(21)23-3)10-18-14-8-4-6-12(14)16(20)22-2/h11,18-19H,4-10H2,1-3H3. The molecule has 0 spiro atoms. The molecule has 0 heterocycles. The molecule has 0 aliphatic heterocycles. The lowest BCUT2D eigenvalue weighted by molar-refractivity contribution is 0.562. The lowest BCUT2D eigenvalue weighted by Crippen LogP contribution is -2.36. The second-order valence-corrected chi connectivity index (χ2v) is 9.00. The van der Waals surface area contributed by atoms with E-state index in [0.717, 1.165) is 40.6 Å². The minimum Gasteiger partial charge on any atom is -0.386 e. The summed E-state index contributed by atoms with van der Waals surface area (Å²) < 4.78 is 2.10. The van der Waals surface area contributed by atoms with Gasteiger partial charge < -0.3 is 10.6 Å². The SMILES string of the molecule is CSC(=S)C1=C(NCC(C)NC2=C(C(=S)SC)CCC2)CCC1. The number of hydrogen-bond acceptors (Lipinski definition) is 6. The van der Waals surface area contributed by atoms with E-state index < -0.39 is 0 Å². The minimum atomic E-state index is 0.389. The average Bonchev–Trinajstić information content (AvgIpc) is 3.20. The van der Waals surface area contributed by atoms with Crippen LogP contribution in [-0.4, -0.2) is 33.5 Å². The van der Waals surface area contributed by atoms with Crippen LogP contribution < -0.4 is 10.6 Å². The van der Waals surface area contributed by atoms with Gasteiger partial charge in [0, 0.05) is 24.0 Å². The van der Waals surface area contributed by atoms with Gasteiger partial charge in [-0.3, -0.25) is 0 Å². The third kappa shape index (κ3) is 5.21. The van der Waals surface area contributed by atoms with Crippen molar-refractivity contribution in [2.45, 2.75) is 51.5 Å². The van der Waals surface area contributed by atoms with Crippen LogP contribution in [0.3, 0.4) is 0 Å². The van der Waals surface area contributed by atoms with Crippen molar-refractivity contribution in [3.8, 4) is 0 Å². The summed E-state index contributed by atoms with van der Waals surface area (Å²) in [5.41, 5.74) is 5.45. The van der Waals surface area contributed by atoms with Crippen molar-refractivity contribution in [1.29, 1.82) is 0 Å². The Morgan fingerprint density at radius 3 is 2.04 bits per heavy atom. The van der Waals surface area contributed by atoms with Gasteiger partial charge in [-0.25, -0.2) is 0 Å². The summed E-state index contributed by atoms with van der Waals surface area (Å²) in [4.78, 5) is 0. The molecule has 0 fully saturated rings. The van der Waals surface area contributed by atoms with Crippen LogP contribution in [0.5, 0.6) is 0 Å². The zero-order valence-corrected chi connectivity index (χ0v) is 17.4. The van der Waals surface area contributed by atoms with Crippen LogP contribution >= 0.6 is 48.0 Å². The van der Waals surface area contributed by atoms with Gasteiger partial charge in [-0.15, -0.1) is 23.5 Å². The first-order valence-electron chi connectivity index (χ1n) is 8.18. The van der Waals surface area contributed by atoms with E-state index in [0.29, 0.717) is 6.04 Å². The fraction of sp³-hybridized carbons (Fsp3) is 0.647. The van der Waals surface area contributed by atoms with Gasteiger partial charge in [-0.05, 0) is 69.1 Å². The smallest absolute Gasteiger partial charge is 0.0752 e. The number of rotatable bonds is 7. The normalized spacial score (nSPS) is 19.3. The van der Waals surface area contributed by atoms with Gasteiger partial charge in [0.15, 0.2) is 0 Å². The Labute approximate surface area is 159 Å². The Kier molecular flexibility index (Phi) is 7.92. The van der Waals surface area contributed by atoms with E-state index in [1.54, 1.807) is 23.5 Å². The zero-order chi connectivity index (χ0) is 16.8. The highest BCUT2D eigenvalue weighted by molar-refractivity contribution is 8.23. The highest BCUT2D eigenvalue weighted by Crippen LogP contribution is 2.30. The van der Waals surface area contributed by atoms with Crippen molar-refractivity contribution in [1.82, 2.24) is 10.6 Å². The molecule has 1 unspecified atom stereocenters. The Balaban J connectivity index is 1.91. The van der Waals surface area contributed by atoms with Crippen LogP contribution in [0.25, 0.3) is 0 Å². The predicted molar refractivity (Wildman–Crippen MR) is 115 cm³/mol. The Hall–Kier alpha value is -0.0400. The van der Waals surface area contributed by atoms with Gasteiger partial charge in [0.1, 0.15) is 0 Å². The fourth-order valence-electron chi connectivity index (χ4n) is 3.16. The van der Waals surface area contributed by atoms with Gasteiger partial charge in [0.05, 0.1) is 8.39 Å². The number of nitrogens with one attached hydrogen (secondary N) is 2. The summed E-state index contributed by atoms with van der Waals surface area (Å²) in [5.74, 6) is 0. The van der Waals surface area contributed by atoms with E-state index in [9.17, 15) is 0 Å². The highest BCUT2D eigenvalue weighted by atomic mass is 32.2. The van der Waals surface area contributed by atoms with Crippen molar-refractivity contribution in [2.75, 3.05) is 19.1 Å². The Morgan fingerprint density at radius 1 is 0.957 bits per heavy atom. The molecule has 0 saturated carbocycles. The zero-order valence-electron chi connectivity index (χ0n) is 14.2. The molecule has 128 valence electrons. The van der Waals surface area contributed by atoms with Crippen molar-refractivity contribution in [3.05, 3.63) is 22.5 Å². The molecule has 2 rings (SSSR count). The third-order valence-electron chi connectivity index (χ3n) is 4.34. The quantitative estimate of drug-likeness (QED) is 0.609. The van der Waals surface area contributed by atoms with E-state index in [2.05, 4.69) is 30.1 Å². The predicted octanol–water partition coefficient (Wildman–Crippen LogP) is 4.81. The number of hydrogen-bond donors (Lipinski definition) is 2. The van der Waals surface area contributed by atoms with Gasteiger partial charge in [-0.1, -0.05) is 24.4 Å². The molecular formula is C17H26N2S4.